The van der Waals surface area contributed by atoms with E-state index in [2.05, 4.69) is 55.4 Å². The summed E-state index contributed by atoms with van der Waals surface area (Å²) in [6.45, 7) is 14.1. The zero-order valence-corrected chi connectivity index (χ0v) is 59.8. The molecule has 0 fully saturated rings. The van der Waals surface area contributed by atoms with Crippen LogP contribution >= 0.6 is 15.6 Å². The Hall–Kier alpha value is -1.94. The van der Waals surface area contributed by atoms with Crippen LogP contribution in [0, 0.1) is 23.7 Å². The largest absolute Gasteiger partial charge is 0.472 e. The number of hydrogen-bond acceptors (Lipinski definition) is 15. The average molecular weight is 1310 g/mol. The lowest BCUT2D eigenvalue weighted by Gasteiger charge is -2.21. The van der Waals surface area contributed by atoms with Crippen LogP contribution in [0.15, 0.2) is 0 Å². The molecule has 17 nitrogen and oxygen atoms in total. The third-order valence-corrected chi connectivity index (χ3v) is 18.3. The molecule has 0 amide bonds. The molecule has 19 heteroatoms. The fourth-order valence-corrected chi connectivity index (χ4v) is 12.0. The van der Waals surface area contributed by atoms with E-state index in [0.29, 0.717) is 25.7 Å². The summed E-state index contributed by atoms with van der Waals surface area (Å²) < 4.78 is 68.3. The van der Waals surface area contributed by atoms with Crippen molar-refractivity contribution in [2.75, 3.05) is 39.6 Å². The summed E-state index contributed by atoms with van der Waals surface area (Å²) in [7, 11) is -9.90. The summed E-state index contributed by atoms with van der Waals surface area (Å²) in [5, 5.41) is 10.6. The second-order valence-electron chi connectivity index (χ2n) is 26.9. The number of aliphatic hydroxyl groups is 1. The van der Waals surface area contributed by atoms with Gasteiger partial charge in [-0.05, 0) is 49.4 Å². The fraction of sp³-hybridized carbons (Fsp3) is 0.943. The maximum atomic E-state index is 13.0. The SMILES string of the molecule is CCC(C)CCCCCCCCCCC(=O)O[C@H](COC(=O)CCCCCCCCCCC(C)C)COP(=O)(O)OCC(O)COP(=O)(O)OC[C@@H](COC(=O)CCCCCCCCCCCCCC(C)C)OC(=O)CCCCCCCCCCCC(C)C. The van der Waals surface area contributed by atoms with E-state index in [-0.39, 0.29) is 25.7 Å². The summed E-state index contributed by atoms with van der Waals surface area (Å²) in [5.41, 5.74) is 0. The van der Waals surface area contributed by atoms with Crippen LogP contribution in [0.25, 0.3) is 0 Å². The van der Waals surface area contributed by atoms with Gasteiger partial charge in [0.25, 0.3) is 0 Å². The zero-order chi connectivity index (χ0) is 66.1. The zero-order valence-electron chi connectivity index (χ0n) is 58.1. The molecule has 0 spiro atoms. The van der Waals surface area contributed by atoms with E-state index in [1.54, 1.807) is 0 Å². The Morgan fingerprint density at radius 3 is 0.798 bits per heavy atom. The summed E-state index contributed by atoms with van der Waals surface area (Å²) in [4.78, 5) is 72.5. The van der Waals surface area contributed by atoms with E-state index in [0.717, 1.165) is 114 Å². The van der Waals surface area contributed by atoms with Gasteiger partial charge in [-0.3, -0.25) is 37.3 Å². The van der Waals surface area contributed by atoms with Crippen molar-refractivity contribution in [1.29, 1.82) is 0 Å². The molecule has 0 aliphatic carbocycles. The predicted octanol–water partition coefficient (Wildman–Crippen LogP) is 19.7. The van der Waals surface area contributed by atoms with Gasteiger partial charge >= 0.3 is 39.5 Å². The first kappa shape index (κ1) is 87.1. The summed E-state index contributed by atoms with van der Waals surface area (Å²) in [6, 6.07) is 0. The molecule has 6 atom stereocenters. The van der Waals surface area contributed by atoms with Crippen molar-refractivity contribution in [3.63, 3.8) is 0 Å². The predicted molar refractivity (Wildman–Crippen MR) is 358 cm³/mol. The number of hydrogen-bond donors (Lipinski definition) is 3. The van der Waals surface area contributed by atoms with Gasteiger partial charge in [-0.15, -0.1) is 0 Å². The molecule has 0 heterocycles. The van der Waals surface area contributed by atoms with E-state index >= 15 is 0 Å². The Morgan fingerprint density at radius 2 is 0.539 bits per heavy atom. The van der Waals surface area contributed by atoms with Crippen LogP contribution in [-0.4, -0.2) is 96.7 Å². The standard InChI is InChI=1S/C70H136O17P2/c1-9-63(8)49-41-33-25-19-21-29-37-45-53-70(75)87-66(57-81-68(73)51-43-35-27-20-18-24-32-40-48-62(6)7)59-85-89(78,79)83-55-64(71)54-82-88(76,77)84-58-65(86-69(74)52-44-36-28-17-13-15-23-31-39-47-61(4)5)56-80-67(72)50-42-34-26-16-12-10-11-14-22-30-38-46-60(2)3/h60-66,71H,9-59H2,1-8H3,(H,76,77)(H,78,79)/t63?,64?,65-,66-/m1/s1. The van der Waals surface area contributed by atoms with E-state index in [4.69, 9.17) is 37.0 Å². The molecular weight excluding hydrogens is 1170 g/mol. The van der Waals surface area contributed by atoms with Crippen LogP contribution in [0.1, 0.15) is 344 Å². The lowest BCUT2D eigenvalue weighted by Crippen LogP contribution is -2.30. The van der Waals surface area contributed by atoms with E-state index in [1.807, 2.05) is 0 Å². The number of rotatable bonds is 67. The lowest BCUT2D eigenvalue weighted by molar-refractivity contribution is -0.161. The maximum Gasteiger partial charge on any atom is 0.472 e. The molecule has 0 rings (SSSR count). The van der Waals surface area contributed by atoms with Gasteiger partial charge < -0.3 is 33.8 Å². The van der Waals surface area contributed by atoms with E-state index in [1.165, 1.54) is 148 Å². The molecule has 89 heavy (non-hydrogen) atoms. The Morgan fingerprint density at radius 1 is 0.315 bits per heavy atom. The van der Waals surface area contributed by atoms with Crippen LogP contribution in [0.4, 0.5) is 0 Å². The Labute approximate surface area is 543 Å². The highest BCUT2D eigenvalue weighted by atomic mass is 31.2. The number of carbonyl (C=O) groups is 4. The van der Waals surface area contributed by atoms with Crippen molar-refractivity contribution < 1.29 is 80.2 Å². The second-order valence-corrected chi connectivity index (χ2v) is 29.8. The van der Waals surface area contributed by atoms with E-state index < -0.39 is 97.5 Å². The van der Waals surface area contributed by atoms with Gasteiger partial charge in [0, 0.05) is 25.7 Å². The number of carbonyl (C=O) groups excluding carboxylic acids is 4. The molecule has 3 N–H and O–H groups in total. The van der Waals surface area contributed by atoms with Crippen molar-refractivity contribution in [3.8, 4) is 0 Å². The Bertz CT molecular complexity index is 1770. The number of esters is 4. The van der Waals surface area contributed by atoms with Crippen molar-refractivity contribution >= 4 is 39.5 Å². The molecule has 0 aromatic carbocycles. The van der Waals surface area contributed by atoms with Gasteiger partial charge in [-0.1, -0.05) is 293 Å². The van der Waals surface area contributed by atoms with Crippen molar-refractivity contribution in [2.45, 2.75) is 363 Å². The number of phosphoric acid groups is 2. The molecule has 0 aromatic heterocycles. The maximum absolute atomic E-state index is 13.0. The highest BCUT2D eigenvalue weighted by Gasteiger charge is 2.30. The molecule has 0 saturated carbocycles. The van der Waals surface area contributed by atoms with Crippen LogP contribution in [0.5, 0.6) is 0 Å². The van der Waals surface area contributed by atoms with Crippen molar-refractivity contribution in [3.05, 3.63) is 0 Å². The Kier molecular flexibility index (Phi) is 58.5. The van der Waals surface area contributed by atoms with Gasteiger partial charge in [-0.25, -0.2) is 9.13 Å². The van der Waals surface area contributed by atoms with Gasteiger partial charge in [0.05, 0.1) is 26.4 Å². The van der Waals surface area contributed by atoms with Crippen LogP contribution in [0.2, 0.25) is 0 Å². The molecule has 0 bridgehead atoms. The van der Waals surface area contributed by atoms with Crippen LogP contribution < -0.4 is 0 Å². The number of aliphatic hydroxyl groups excluding tert-OH is 1. The lowest BCUT2D eigenvalue weighted by atomic mass is 9.99. The number of phosphoric ester groups is 2. The van der Waals surface area contributed by atoms with Gasteiger partial charge in [-0.2, -0.15) is 0 Å². The molecule has 0 aliphatic heterocycles. The first-order chi connectivity index (χ1) is 42.6. The molecule has 0 radical (unpaired) electrons. The van der Waals surface area contributed by atoms with Crippen LogP contribution in [0.3, 0.4) is 0 Å². The molecule has 528 valence electrons. The minimum Gasteiger partial charge on any atom is -0.462 e. The first-order valence-corrected chi connectivity index (χ1v) is 39.2. The normalized spacial score (nSPS) is 14.6. The number of unbranched alkanes of at least 4 members (excludes halogenated alkanes) is 32. The molecule has 0 aliphatic rings. The first-order valence-electron chi connectivity index (χ1n) is 36.2. The molecule has 0 aromatic rings. The summed E-state index contributed by atoms with van der Waals surface area (Å²) in [6.07, 6.45) is 41.6. The van der Waals surface area contributed by atoms with Crippen molar-refractivity contribution in [2.24, 2.45) is 23.7 Å². The average Bonchev–Trinajstić information content (AvgIpc) is 3.54. The Balaban J connectivity index is 5.27. The summed E-state index contributed by atoms with van der Waals surface area (Å²) in [5.74, 6) is 0.872. The second kappa shape index (κ2) is 59.8. The fourth-order valence-electron chi connectivity index (χ4n) is 10.5. The minimum atomic E-state index is -4.95. The quantitative estimate of drug-likeness (QED) is 0.0222. The van der Waals surface area contributed by atoms with Crippen molar-refractivity contribution in [1.82, 2.24) is 0 Å². The minimum absolute atomic E-state index is 0.104. The smallest absolute Gasteiger partial charge is 0.462 e. The highest BCUT2D eigenvalue weighted by Crippen LogP contribution is 2.45. The van der Waals surface area contributed by atoms with Gasteiger partial charge in [0.15, 0.2) is 12.2 Å². The third-order valence-electron chi connectivity index (χ3n) is 16.4. The molecule has 4 unspecified atom stereocenters. The number of ether oxygens (including phenoxy) is 4. The highest BCUT2D eigenvalue weighted by molar-refractivity contribution is 7.47. The molecular formula is C70H136O17P2. The molecule has 0 saturated heterocycles. The van der Waals surface area contributed by atoms with Gasteiger partial charge in [0.1, 0.15) is 19.3 Å². The topological polar surface area (TPSA) is 237 Å². The summed E-state index contributed by atoms with van der Waals surface area (Å²) >= 11 is 0. The third kappa shape index (κ3) is 63.2. The monoisotopic (exact) mass is 1310 g/mol. The van der Waals surface area contributed by atoms with Gasteiger partial charge in [0.2, 0.25) is 0 Å². The van der Waals surface area contributed by atoms with E-state index in [9.17, 15) is 43.2 Å². The van der Waals surface area contributed by atoms with Crippen LogP contribution in [-0.2, 0) is 65.4 Å².